The van der Waals surface area contributed by atoms with Crippen molar-refractivity contribution < 1.29 is 9.47 Å². The highest BCUT2D eigenvalue weighted by atomic mass is 16.6. The van der Waals surface area contributed by atoms with Gasteiger partial charge in [0.15, 0.2) is 17.3 Å². The predicted octanol–water partition coefficient (Wildman–Crippen LogP) is 2.37. The van der Waals surface area contributed by atoms with E-state index in [-0.39, 0.29) is 0 Å². The molecule has 1 aromatic carbocycles. The molecule has 2 aromatic rings. The standard InChI is InChI=1S/C13H15N3O2/c1-8(2)12-14-13(16-15-12)9-4-3-5-10-11(9)18-7-6-17-10/h3-5,8H,6-7H2,1-2H3,(H,14,15,16). The van der Waals surface area contributed by atoms with Gasteiger partial charge in [-0.25, -0.2) is 4.98 Å². The Kier molecular flexibility index (Phi) is 2.66. The Morgan fingerprint density at radius 1 is 1.22 bits per heavy atom. The quantitative estimate of drug-likeness (QED) is 0.882. The zero-order chi connectivity index (χ0) is 12.5. The Bertz CT molecular complexity index is 563. The maximum Gasteiger partial charge on any atom is 0.185 e. The van der Waals surface area contributed by atoms with E-state index in [2.05, 4.69) is 29.0 Å². The average molecular weight is 245 g/mol. The molecular weight excluding hydrogens is 230 g/mol. The Morgan fingerprint density at radius 2 is 2.06 bits per heavy atom. The molecule has 1 aliphatic heterocycles. The first-order chi connectivity index (χ1) is 8.75. The van der Waals surface area contributed by atoms with Gasteiger partial charge in [0.2, 0.25) is 0 Å². The second-order valence-electron chi connectivity index (χ2n) is 4.53. The van der Waals surface area contributed by atoms with Crippen LogP contribution in [0.5, 0.6) is 11.5 Å². The number of aromatic amines is 1. The fraction of sp³-hybridized carbons (Fsp3) is 0.385. The van der Waals surface area contributed by atoms with Gasteiger partial charge in [-0.2, -0.15) is 5.10 Å². The van der Waals surface area contributed by atoms with Crippen molar-refractivity contribution >= 4 is 0 Å². The van der Waals surface area contributed by atoms with Crippen LogP contribution in [0.15, 0.2) is 18.2 Å². The van der Waals surface area contributed by atoms with Crippen molar-refractivity contribution in [2.45, 2.75) is 19.8 Å². The second-order valence-corrected chi connectivity index (χ2v) is 4.53. The third-order valence-electron chi connectivity index (χ3n) is 2.86. The number of ether oxygens (including phenoxy) is 2. The maximum absolute atomic E-state index is 5.66. The van der Waals surface area contributed by atoms with E-state index in [1.807, 2.05) is 18.2 Å². The maximum atomic E-state index is 5.66. The summed E-state index contributed by atoms with van der Waals surface area (Å²) in [5, 5.41) is 7.20. The van der Waals surface area contributed by atoms with E-state index < -0.39 is 0 Å². The van der Waals surface area contributed by atoms with Crippen LogP contribution in [-0.2, 0) is 0 Å². The van der Waals surface area contributed by atoms with Crippen molar-refractivity contribution in [3.05, 3.63) is 24.0 Å². The molecule has 0 saturated heterocycles. The normalized spacial score (nSPS) is 13.9. The molecule has 1 N–H and O–H groups in total. The highest BCUT2D eigenvalue weighted by Gasteiger charge is 2.19. The first-order valence-electron chi connectivity index (χ1n) is 6.07. The van der Waals surface area contributed by atoms with Crippen LogP contribution in [0.1, 0.15) is 25.6 Å². The topological polar surface area (TPSA) is 60.0 Å². The number of nitrogens with zero attached hydrogens (tertiary/aromatic N) is 2. The molecule has 0 radical (unpaired) electrons. The number of aromatic nitrogens is 3. The van der Waals surface area contributed by atoms with Crippen LogP contribution in [0.3, 0.4) is 0 Å². The van der Waals surface area contributed by atoms with Crippen molar-refractivity contribution in [1.82, 2.24) is 15.2 Å². The number of rotatable bonds is 2. The van der Waals surface area contributed by atoms with Gasteiger partial charge in [0, 0.05) is 5.92 Å². The van der Waals surface area contributed by atoms with Crippen LogP contribution in [-0.4, -0.2) is 28.4 Å². The highest BCUT2D eigenvalue weighted by Crippen LogP contribution is 2.38. The van der Waals surface area contributed by atoms with Gasteiger partial charge in [-0.3, -0.25) is 5.10 Å². The molecule has 2 heterocycles. The van der Waals surface area contributed by atoms with Gasteiger partial charge in [0.1, 0.15) is 19.0 Å². The summed E-state index contributed by atoms with van der Waals surface area (Å²) in [7, 11) is 0. The molecule has 18 heavy (non-hydrogen) atoms. The summed E-state index contributed by atoms with van der Waals surface area (Å²) in [5.74, 6) is 3.34. The number of para-hydroxylation sites is 1. The van der Waals surface area contributed by atoms with Gasteiger partial charge in [-0.05, 0) is 12.1 Å². The molecular formula is C13H15N3O2. The lowest BCUT2D eigenvalue weighted by molar-refractivity contribution is 0.172. The smallest absolute Gasteiger partial charge is 0.185 e. The van der Waals surface area contributed by atoms with Crippen LogP contribution < -0.4 is 9.47 Å². The molecule has 0 spiro atoms. The summed E-state index contributed by atoms with van der Waals surface area (Å²) < 4.78 is 11.2. The highest BCUT2D eigenvalue weighted by molar-refractivity contribution is 5.68. The summed E-state index contributed by atoms with van der Waals surface area (Å²) in [6, 6.07) is 5.77. The predicted molar refractivity (Wildman–Crippen MR) is 66.9 cm³/mol. The van der Waals surface area contributed by atoms with Crippen LogP contribution in [0.4, 0.5) is 0 Å². The van der Waals surface area contributed by atoms with E-state index in [4.69, 9.17) is 9.47 Å². The number of H-pyrrole nitrogens is 1. The first-order valence-corrected chi connectivity index (χ1v) is 6.07. The minimum atomic E-state index is 0.322. The SMILES string of the molecule is CC(C)c1nc(-c2cccc3c2OCCO3)n[nH]1. The number of fused-ring (bicyclic) bond motifs is 1. The lowest BCUT2D eigenvalue weighted by Gasteiger charge is -2.19. The van der Waals surface area contributed by atoms with Crippen LogP contribution in [0.2, 0.25) is 0 Å². The van der Waals surface area contributed by atoms with E-state index >= 15 is 0 Å². The third kappa shape index (κ3) is 1.81. The molecule has 5 nitrogen and oxygen atoms in total. The van der Waals surface area contributed by atoms with E-state index in [1.165, 1.54) is 0 Å². The van der Waals surface area contributed by atoms with E-state index in [0.29, 0.717) is 25.0 Å². The van der Waals surface area contributed by atoms with E-state index in [1.54, 1.807) is 0 Å². The molecule has 0 aliphatic carbocycles. The fourth-order valence-electron chi connectivity index (χ4n) is 1.90. The molecule has 0 saturated carbocycles. The van der Waals surface area contributed by atoms with Crippen molar-refractivity contribution in [2.75, 3.05) is 13.2 Å². The number of hydrogen-bond acceptors (Lipinski definition) is 4. The zero-order valence-corrected chi connectivity index (χ0v) is 10.4. The Hall–Kier alpha value is -2.04. The Labute approximate surface area is 105 Å². The number of nitrogens with one attached hydrogen (secondary N) is 1. The Balaban J connectivity index is 2.05. The molecule has 0 unspecified atom stereocenters. The molecule has 0 bridgehead atoms. The van der Waals surface area contributed by atoms with Crippen molar-refractivity contribution in [2.24, 2.45) is 0 Å². The summed E-state index contributed by atoms with van der Waals surface area (Å²) in [6.45, 7) is 5.29. The summed E-state index contributed by atoms with van der Waals surface area (Å²) in [6.07, 6.45) is 0. The fourth-order valence-corrected chi connectivity index (χ4v) is 1.90. The molecule has 5 heteroatoms. The molecule has 3 rings (SSSR count). The van der Waals surface area contributed by atoms with Crippen LogP contribution in [0.25, 0.3) is 11.4 Å². The molecule has 94 valence electrons. The molecule has 1 aromatic heterocycles. The first kappa shape index (κ1) is 11.1. The lowest BCUT2D eigenvalue weighted by atomic mass is 10.1. The minimum Gasteiger partial charge on any atom is -0.486 e. The molecule has 0 amide bonds. The van der Waals surface area contributed by atoms with Gasteiger partial charge >= 0.3 is 0 Å². The van der Waals surface area contributed by atoms with Crippen molar-refractivity contribution in [1.29, 1.82) is 0 Å². The Morgan fingerprint density at radius 3 is 2.83 bits per heavy atom. The minimum absolute atomic E-state index is 0.322. The van der Waals surface area contributed by atoms with Gasteiger partial charge in [0.05, 0.1) is 5.56 Å². The summed E-state index contributed by atoms with van der Waals surface area (Å²) in [4.78, 5) is 4.49. The largest absolute Gasteiger partial charge is 0.486 e. The number of benzene rings is 1. The van der Waals surface area contributed by atoms with E-state index in [9.17, 15) is 0 Å². The number of hydrogen-bond donors (Lipinski definition) is 1. The molecule has 0 atom stereocenters. The lowest BCUT2D eigenvalue weighted by Crippen LogP contribution is -2.15. The second kappa shape index (κ2) is 4.33. The third-order valence-corrected chi connectivity index (χ3v) is 2.86. The van der Waals surface area contributed by atoms with Gasteiger partial charge < -0.3 is 9.47 Å². The van der Waals surface area contributed by atoms with Crippen molar-refractivity contribution in [3.63, 3.8) is 0 Å². The average Bonchev–Trinajstić information content (AvgIpc) is 2.87. The monoisotopic (exact) mass is 245 g/mol. The van der Waals surface area contributed by atoms with Crippen LogP contribution >= 0.6 is 0 Å². The zero-order valence-electron chi connectivity index (χ0n) is 10.4. The van der Waals surface area contributed by atoms with Crippen molar-refractivity contribution in [3.8, 4) is 22.9 Å². The van der Waals surface area contributed by atoms with Gasteiger partial charge in [0.25, 0.3) is 0 Å². The van der Waals surface area contributed by atoms with Gasteiger partial charge in [-0.1, -0.05) is 19.9 Å². The van der Waals surface area contributed by atoms with E-state index in [0.717, 1.165) is 22.9 Å². The summed E-state index contributed by atoms with van der Waals surface area (Å²) >= 11 is 0. The van der Waals surface area contributed by atoms with Crippen LogP contribution in [0, 0.1) is 0 Å². The molecule has 0 fully saturated rings. The summed E-state index contributed by atoms with van der Waals surface area (Å²) in [5.41, 5.74) is 0.871. The van der Waals surface area contributed by atoms with Gasteiger partial charge in [-0.15, -0.1) is 0 Å². The molecule has 1 aliphatic rings.